The van der Waals surface area contributed by atoms with Crippen LogP contribution in [-0.2, 0) is 0 Å². The highest BCUT2D eigenvalue weighted by molar-refractivity contribution is 9.10. The molecule has 5 nitrogen and oxygen atoms in total. The minimum absolute atomic E-state index is 0.00714. The molecule has 1 N–H and O–H groups in total. The molecule has 0 saturated carbocycles. The summed E-state index contributed by atoms with van der Waals surface area (Å²) >= 11 is 3.46. The average molecular weight is 369 g/mol. The number of hydrogen-bond acceptors (Lipinski definition) is 4. The molecule has 1 aromatic heterocycles. The molecule has 23 heavy (non-hydrogen) atoms. The first-order chi connectivity index (χ1) is 11.2. The third kappa shape index (κ3) is 2.55. The van der Waals surface area contributed by atoms with Gasteiger partial charge < -0.3 is 5.11 Å². The fourth-order valence-corrected chi connectivity index (χ4v) is 3.08. The van der Waals surface area contributed by atoms with Crippen LogP contribution in [-0.4, -0.2) is 25.6 Å². The first-order valence-electron chi connectivity index (χ1n) is 7.23. The van der Waals surface area contributed by atoms with Crippen LogP contribution in [0.3, 0.4) is 0 Å². The van der Waals surface area contributed by atoms with Gasteiger partial charge in [-0.25, -0.2) is 9.67 Å². The minimum atomic E-state index is 0.00714. The maximum absolute atomic E-state index is 10.1. The van der Waals surface area contributed by atoms with Crippen molar-refractivity contribution in [2.24, 2.45) is 4.99 Å². The molecule has 0 amide bonds. The van der Waals surface area contributed by atoms with Crippen LogP contribution in [0.15, 0.2) is 64.3 Å². The number of aliphatic imine (C=N–C) groups is 1. The molecule has 0 fully saturated rings. The van der Waals surface area contributed by atoms with Crippen LogP contribution < -0.4 is 0 Å². The van der Waals surface area contributed by atoms with Gasteiger partial charge in [0, 0.05) is 16.5 Å². The Morgan fingerprint density at radius 3 is 2.65 bits per heavy atom. The highest BCUT2D eigenvalue weighted by Crippen LogP contribution is 2.34. The van der Waals surface area contributed by atoms with E-state index >= 15 is 0 Å². The summed E-state index contributed by atoms with van der Waals surface area (Å²) in [6, 6.07) is 15.4. The second-order valence-electron chi connectivity index (χ2n) is 5.35. The third-order valence-corrected chi connectivity index (χ3v) is 4.47. The molecule has 0 aliphatic carbocycles. The van der Waals surface area contributed by atoms with E-state index in [0.717, 1.165) is 21.3 Å². The second-order valence-corrected chi connectivity index (χ2v) is 6.27. The molecule has 2 heterocycles. The summed E-state index contributed by atoms with van der Waals surface area (Å²) in [5, 5.41) is 14.4. The minimum Gasteiger partial charge on any atom is -0.507 e. The molecule has 1 aliphatic rings. The SMILES string of the molecule is Oc1ccccc1C1=Nc2ncnn2[C@@H](c2ccc(Br)cc2)C1. The van der Waals surface area contributed by atoms with Crippen LogP contribution in [0.1, 0.15) is 23.6 Å². The number of halogens is 1. The van der Waals surface area contributed by atoms with Crippen LogP contribution in [0.25, 0.3) is 0 Å². The molecule has 1 atom stereocenters. The number of fused-ring (bicyclic) bond motifs is 1. The van der Waals surface area contributed by atoms with Gasteiger partial charge in [-0.05, 0) is 29.8 Å². The molecule has 0 saturated heterocycles. The van der Waals surface area contributed by atoms with E-state index in [9.17, 15) is 5.11 Å². The van der Waals surface area contributed by atoms with E-state index < -0.39 is 0 Å². The number of hydrogen-bond donors (Lipinski definition) is 1. The van der Waals surface area contributed by atoms with Crippen LogP contribution >= 0.6 is 15.9 Å². The van der Waals surface area contributed by atoms with Gasteiger partial charge in [-0.2, -0.15) is 10.1 Å². The van der Waals surface area contributed by atoms with Gasteiger partial charge >= 0.3 is 0 Å². The van der Waals surface area contributed by atoms with E-state index in [-0.39, 0.29) is 11.8 Å². The summed E-state index contributed by atoms with van der Waals surface area (Å²) in [6.45, 7) is 0. The lowest BCUT2D eigenvalue weighted by molar-refractivity contribution is 0.472. The van der Waals surface area contributed by atoms with Crippen molar-refractivity contribution in [1.29, 1.82) is 0 Å². The lowest BCUT2D eigenvalue weighted by Gasteiger charge is -2.24. The van der Waals surface area contributed by atoms with Crippen molar-refractivity contribution in [3.05, 3.63) is 70.5 Å². The van der Waals surface area contributed by atoms with Gasteiger partial charge in [0.1, 0.15) is 12.1 Å². The molecule has 0 unspecified atom stereocenters. The molecule has 0 bridgehead atoms. The van der Waals surface area contributed by atoms with Crippen molar-refractivity contribution in [1.82, 2.24) is 14.8 Å². The van der Waals surface area contributed by atoms with Crippen LogP contribution in [0.4, 0.5) is 5.95 Å². The number of para-hydroxylation sites is 1. The van der Waals surface area contributed by atoms with Gasteiger partial charge in [-0.15, -0.1) is 0 Å². The molecule has 6 heteroatoms. The van der Waals surface area contributed by atoms with Crippen molar-refractivity contribution < 1.29 is 5.11 Å². The van der Waals surface area contributed by atoms with E-state index in [0.29, 0.717) is 12.4 Å². The fourth-order valence-electron chi connectivity index (χ4n) is 2.81. The van der Waals surface area contributed by atoms with Gasteiger partial charge in [0.2, 0.25) is 5.95 Å². The number of phenols is 1. The topological polar surface area (TPSA) is 63.3 Å². The van der Waals surface area contributed by atoms with Crippen molar-refractivity contribution in [2.45, 2.75) is 12.5 Å². The van der Waals surface area contributed by atoms with Gasteiger partial charge in [0.05, 0.1) is 11.8 Å². The van der Waals surface area contributed by atoms with E-state index in [1.54, 1.807) is 12.1 Å². The highest BCUT2D eigenvalue weighted by Gasteiger charge is 2.27. The lowest BCUT2D eigenvalue weighted by Crippen LogP contribution is -2.21. The number of aromatic hydroxyl groups is 1. The standard InChI is InChI=1S/C17H13BrN4O/c18-12-7-5-11(6-8-12)15-9-14(13-3-1-2-4-16(13)23)21-17-19-10-20-22(15)17/h1-8,10,15,23H,9H2/t15-/m1/s1. The maximum atomic E-state index is 10.1. The lowest BCUT2D eigenvalue weighted by atomic mass is 9.96. The summed E-state index contributed by atoms with van der Waals surface area (Å²) in [4.78, 5) is 8.80. The van der Waals surface area contributed by atoms with Gasteiger partial charge in [-0.1, -0.05) is 40.2 Å². The summed E-state index contributed by atoms with van der Waals surface area (Å²) < 4.78 is 2.86. The molecule has 0 spiro atoms. The average Bonchev–Trinajstić information content (AvgIpc) is 3.04. The number of phenolic OH excluding ortho intramolecular Hbond substituents is 1. The first-order valence-corrected chi connectivity index (χ1v) is 8.02. The predicted molar refractivity (Wildman–Crippen MR) is 91.2 cm³/mol. The molecule has 114 valence electrons. The molecule has 4 rings (SSSR count). The summed E-state index contributed by atoms with van der Waals surface area (Å²) in [6.07, 6.45) is 2.16. The first kappa shape index (κ1) is 14.1. The van der Waals surface area contributed by atoms with Crippen LogP contribution in [0.5, 0.6) is 5.75 Å². The second kappa shape index (κ2) is 5.62. The summed E-state index contributed by atoms with van der Waals surface area (Å²) in [5.41, 5.74) is 2.68. The van der Waals surface area contributed by atoms with Gasteiger partial charge in [-0.3, -0.25) is 0 Å². The van der Waals surface area contributed by atoms with E-state index in [1.165, 1.54) is 6.33 Å². The zero-order valence-electron chi connectivity index (χ0n) is 12.1. The molecule has 1 aliphatic heterocycles. The van der Waals surface area contributed by atoms with E-state index in [2.05, 4.69) is 43.1 Å². The number of aromatic nitrogens is 3. The summed E-state index contributed by atoms with van der Waals surface area (Å²) in [7, 11) is 0. The number of benzene rings is 2. The Morgan fingerprint density at radius 1 is 1.09 bits per heavy atom. The molecular formula is C17H13BrN4O. The number of rotatable bonds is 2. The molecular weight excluding hydrogens is 356 g/mol. The van der Waals surface area contributed by atoms with E-state index in [1.807, 2.05) is 28.9 Å². The Balaban J connectivity index is 1.81. The Hall–Kier alpha value is -2.47. The zero-order valence-corrected chi connectivity index (χ0v) is 13.7. The predicted octanol–water partition coefficient (Wildman–Crippen LogP) is 3.86. The largest absolute Gasteiger partial charge is 0.507 e. The zero-order chi connectivity index (χ0) is 15.8. The molecule has 2 aromatic carbocycles. The summed E-state index contributed by atoms with van der Waals surface area (Å²) in [5.74, 6) is 0.788. The Morgan fingerprint density at radius 2 is 1.87 bits per heavy atom. The Bertz CT molecular complexity index is 886. The highest BCUT2D eigenvalue weighted by atomic mass is 79.9. The van der Waals surface area contributed by atoms with Crippen molar-refractivity contribution in [3.63, 3.8) is 0 Å². The fraction of sp³-hybridized carbons (Fsp3) is 0.118. The van der Waals surface area contributed by atoms with Gasteiger partial charge in [0.15, 0.2) is 0 Å². The third-order valence-electron chi connectivity index (χ3n) is 3.94. The van der Waals surface area contributed by atoms with Crippen molar-refractivity contribution >= 4 is 27.6 Å². The Kier molecular flexibility index (Phi) is 3.46. The van der Waals surface area contributed by atoms with Crippen molar-refractivity contribution in [2.75, 3.05) is 0 Å². The maximum Gasteiger partial charge on any atom is 0.248 e. The monoisotopic (exact) mass is 368 g/mol. The Labute approximate surface area is 141 Å². The molecule has 3 aromatic rings. The smallest absolute Gasteiger partial charge is 0.248 e. The normalized spacial score (nSPS) is 16.7. The van der Waals surface area contributed by atoms with Crippen LogP contribution in [0, 0.1) is 0 Å². The van der Waals surface area contributed by atoms with E-state index in [4.69, 9.17) is 0 Å². The number of nitrogens with zero attached hydrogens (tertiary/aromatic N) is 4. The van der Waals surface area contributed by atoms with Gasteiger partial charge in [0.25, 0.3) is 0 Å². The quantitative estimate of drug-likeness (QED) is 0.746. The molecule has 0 radical (unpaired) electrons. The van der Waals surface area contributed by atoms with Crippen LogP contribution in [0.2, 0.25) is 0 Å². The van der Waals surface area contributed by atoms with Crippen molar-refractivity contribution in [3.8, 4) is 5.75 Å².